The fourth-order valence-corrected chi connectivity index (χ4v) is 4.57. The lowest BCUT2D eigenvalue weighted by molar-refractivity contribution is 0.583. The van der Waals surface area contributed by atoms with Crippen LogP contribution in [-0.2, 0) is 0 Å². The van der Waals surface area contributed by atoms with Gasteiger partial charge in [-0.25, -0.2) is 4.42 Å². The Hall–Kier alpha value is -3.71. The third kappa shape index (κ3) is 4.07. The van der Waals surface area contributed by atoms with Crippen LogP contribution >= 0.6 is 0 Å². The molecule has 0 saturated heterocycles. The quantitative estimate of drug-likeness (QED) is 0.259. The van der Waals surface area contributed by atoms with Crippen molar-refractivity contribution in [3.8, 4) is 44.9 Å². The van der Waals surface area contributed by atoms with Crippen molar-refractivity contribution in [2.75, 3.05) is 0 Å². The second-order valence-corrected chi connectivity index (χ2v) is 9.15. The summed E-state index contributed by atoms with van der Waals surface area (Å²) in [5.41, 5.74) is 11.0. The van der Waals surface area contributed by atoms with Crippen molar-refractivity contribution >= 4 is 0 Å². The van der Waals surface area contributed by atoms with Crippen molar-refractivity contribution in [1.82, 2.24) is 0 Å². The van der Waals surface area contributed by atoms with E-state index in [1.165, 1.54) is 33.4 Å². The molecular formula is C32H29O+. The average Bonchev–Trinajstić information content (AvgIpc) is 3.07. The van der Waals surface area contributed by atoms with Gasteiger partial charge in [0.1, 0.15) is 0 Å². The maximum absolute atomic E-state index is 6.60. The highest BCUT2D eigenvalue weighted by Gasteiger charge is 2.27. The van der Waals surface area contributed by atoms with E-state index in [1.54, 1.807) is 0 Å². The minimum Gasteiger partial charge on any atom is -0.207 e. The number of hydrogen-bond acceptors (Lipinski definition) is 0. The maximum atomic E-state index is 6.60. The van der Waals surface area contributed by atoms with Gasteiger partial charge in [-0.3, -0.25) is 0 Å². The molecule has 0 N–H and O–H groups in total. The van der Waals surface area contributed by atoms with E-state index in [0.717, 1.165) is 28.2 Å². The molecule has 0 unspecified atom stereocenters. The molecule has 2 aromatic carbocycles. The average molecular weight is 430 g/mol. The van der Waals surface area contributed by atoms with Crippen molar-refractivity contribution in [2.45, 2.75) is 33.6 Å². The molecule has 1 aromatic heterocycles. The molecule has 2 aliphatic rings. The highest BCUT2D eigenvalue weighted by atomic mass is 16.3. The largest absolute Gasteiger partial charge is 0.362 e. The summed E-state index contributed by atoms with van der Waals surface area (Å²) in [6.07, 6.45) is 0. The van der Waals surface area contributed by atoms with Gasteiger partial charge in [0, 0.05) is 11.1 Å². The maximum Gasteiger partial charge on any atom is 0.362 e. The van der Waals surface area contributed by atoms with Gasteiger partial charge in [-0.15, -0.1) is 0 Å². The zero-order valence-electron chi connectivity index (χ0n) is 19.7. The van der Waals surface area contributed by atoms with Crippen molar-refractivity contribution in [3.05, 3.63) is 114 Å². The topological polar surface area (TPSA) is 11.3 Å². The van der Waals surface area contributed by atoms with Crippen LogP contribution in [0.4, 0.5) is 0 Å². The third-order valence-electron chi connectivity index (χ3n) is 6.45. The molecule has 0 spiro atoms. The number of fused-ring (bicyclic) bond motifs is 1. The molecule has 0 atom stereocenters. The summed E-state index contributed by atoms with van der Waals surface area (Å²) < 4.78 is 6.60. The molecular weight excluding hydrogens is 400 g/mol. The molecule has 0 amide bonds. The van der Waals surface area contributed by atoms with Crippen LogP contribution in [0.3, 0.4) is 0 Å². The lowest BCUT2D eigenvalue weighted by Gasteiger charge is -2.05. The molecule has 0 saturated carbocycles. The van der Waals surface area contributed by atoms with Crippen molar-refractivity contribution < 1.29 is 4.42 Å². The van der Waals surface area contributed by atoms with Crippen molar-refractivity contribution in [2.24, 2.45) is 0 Å². The summed E-state index contributed by atoms with van der Waals surface area (Å²) in [5, 5.41) is 0. The minimum atomic E-state index is 0.480. The first kappa shape index (κ1) is 21.2. The van der Waals surface area contributed by atoms with Gasteiger partial charge in [-0.2, -0.15) is 0 Å². The Kier molecular flexibility index (Phi) is 5.56. The summed E-state index contributed by atoms with van der Waals surface area (Å²) >= 11 is 0. The van der Waals surface area contributed by atoms with Crippen molar-refractivity contribution in [3.63, 3.8) is 0 Å². The molecule has 1 heterocycles. The van der Waals surface area contributed by atoms with E-state index >= 15 is 0 Å². The van der Waals surface area contributed by atoms with E-state index in [-0.39, 0.29) is 0 Å². The monoisotopic (exact) mass is 429 g/mol. The Morgan fingerprint density at radius 3 is 1.85 bits per heavy atom. The van der Waals surface area contributed by atoms with Crippen LogP contribution in [0.1, 0.15) is 36.5 Å². The Bertz CT molecular complexity index is 1320. The van der Waals surface area contributed by atoms with Crippen LogP contribution in [0.15, 0.2) is 101 Å². The van der Waals surface area contributed by atoms with Gasteiger partial charge in [0.25, 0.3) is 0 Å². The first-order valence-corrected chi connectivity index (χ1v) is 11.6. The Morgan fingerprint density at radius 2 is 1.18 bits per heavy atom. The molecule has 1 nitrogen and oxygen atoms in total. The molecule has 162 valence electrons. The van der Waals surface area contributed by atoms with Crippen LogP contribution < -0.4 is 0 Å². The molecule has 3 aromatic rings. The van der Waals surface area contributed by atoms with Gasteiger partial charge >= 0.3 is 11.5 Å². The summed E-state index contributed by atoms with van der Waals surface area (Å²) in [7, 11) is 0. The zero-order valence-corrected chi connectivity index (χ0v) is 19.7. The number of aryl methyl sites for hydroxylation is 2. The van der Waals surface area contributed by atoms with Crippen LogP contribution in [0.2, 0.25) is 0 Å². The lowest BCUT2D eigenvalue weighted by atomic mass is 9.98. The van der Waals surface area contributed by atoms with E-state index in [9.17, 15) is 0 Å². The SMILES string of the molecule is Cc1cc(-c2cc(-c3ccccc3)cc(-c3ccccc3)[o+]2)c2c(C)ccc(C(C)C)cc1-2. The molecule has 0 fully saturated rings. The molecule has 1 heteroatoms. The van der Waals surface area contributed by atoms with E-state index in [2.05, 4.69) is 119 Å². The molecule has 0 bridgehead atoms. The molecule has 5 rings (SSSR count). The molecule has 0 aliphatic heterocycles. The minimum absolute atomic E-state index is 0.480. The number of hydrogen-bond donors (Lipinski definition) is 0. The lowest BCUT2D eigenvalue weighted by Crippen LogP contribution is -1.87. The smallest absolute Gasteiger partial charge is 0.207 e. The van der Waals surface area contributed by atoms with Crippen LogP contribution in [-0.4, -0.2) is 0 Å². The van der Waals surface area contributed by atoms with Crippen LogP contribution in [0.25, 0.3) is 44.9 Å². The van der Waals surface area contributed by atoms with Gasteiger partial charge in [-0.1, -0.05) is 80.6 Å². The summed E-state index contributed by atoms with van der Waals surface area (Å²) in [4.78, 5) is 0. The second kappa shape index (κ2) is 8.67. The van der Waals surface area contributed by atoms with Gasteiger partial charge in [0.05, 0.1) is 23.3 Å². The fraction of sp³-hybridized carbons (Fsp3) is 0.156. The van der Waals surface area contributed by atoms with Gasteiger partial charge in [0.2, 0.25) is 0 Å². The van der Waals surface area contributed by atoms with E-state index in [4.69, 9.17) is 4.42 Å². The molecule has 2 aliphatic carbocycles. The van der Waals surface area contributed by atoms with E-state index in [1.807, 2.05) is 6.07 Å². The van der Waals surface area contributed by atoms with Gasteiger partial charge in [0.15, 0.2) is 0 Å². The van der Waals surface area contributed by atoms with E-state index < -0.39 is 0 Å². The predicted octanol–water partition coefficient (Wildman–Crippen LogP) is 9.41. The van der Waals surface area contributed by atoms with Crippen LogP contribution in [0, 0.1) is 13.8 Å². The first-order valence-electron chi connectivity index (χ1n) is 11.6. The Balaban J connectivity index is 1.76. The first-order chi connectivity index (χ1) is 16.0. The van der Waals surface area contributed by atoms with E-state index in [0.29, 0.717) is 5.92 Å². The summed E-state index contributed by atoms with van der Waals surface area (Å²) in [5.74, 6) is 2.25. The number of rotatable bonds is 4. The Morgan fingerprint density at radius 1 is 0.545 bits per heavy atom. The third-order valence-corrected chi connectivity index (χ3v) is 6.45. The highest BCUT2D eigenvalue weighted by Crippen LogP contribution is 2.43. The number of benzene rings is 2. The molecule has 0 radical (unpaired) electrons. The normalized spacial score (nSPS) is 11.3. The van der Waals surface area contributed by atoms with Crippen molar-refractivity contribution in [1.29, 1.82) is 0 Å². The van der Waals surface area contributed by atoms with Gasteiger partial charge in [-0.05, 0) is 65.8 Å². The zero-order chi connectivity index (χ0) is 22.9. The predicted molar refractivity (Wildman–Crippen MR) is 140 cm³/mol. The highest BCUT2D eigenvalue weighted by molar-refractivity contribution is 5.90. The Labute approximate surface area is 196 Å². The standard InChI is InChI=1S/C32H29O/c1-21(2)26-16-15-22(3)32-28(18-26)23(4)17-29(32)31-20-27(24-11-7-5-8-12-24)19-30(33-31)25-13-9-6-10-14-25/h5-21H,1-4H3/q+1. The van der Waals surface area contributed by atoms with Gasteiger partial charge < -0.3 is 0 Å². The van der Waals surface area contributed by atoms with Crippen LogP contribution in [0.5, 0.6) is 0 Å². The fourth-order valence-electron chi connectivity index (χ4n) is 4.57. The summed E-state index contributed by atoms with van der Waals surface area (Å²) in [6, 6.07) is 34.4. The molecule has 33 heavy (non-hydrogen) atoms. The summed E-state index contributed by atoms with van der Waals surface area (Å²) in [6.45, 7) is 8.91. The second-order valence-electron chi connectivity index (χ2n) is 9.15.